The molecule has 10 heteroatoms. The van der Waals surface area contributed by atoms with Crippen molar-refractivity contribution in [3.8, 4) is 0 Å². The molecule has 3 N–H and O–H groups in total. The van der Waals surface area contributed by atoms with Gasteiger partial charge in [0.15, 0.2) is 5.69 Å². The molecule has 2 atom stereocenters. The summed E-state index contributed by atoms with van der Waals surface area (Å²) in [4.78, 5) is 13.9. The van der Waals surface area contributed by atoms with Gasteiger partial charge in [-0.3, -0.25) is 10.1 Å². The van der Waals surface area contributed by atoms with E-state index in [1.165, 1.54) is 6.26 Å². The number of sulfonamides is 1. The first-order chi connectivity index (χ1) is 18.3. The second-order valence-electron chi connectivity index (χ2n) is 10.2. The van der Waals surface area contributed by atoms with Crippen molar-refractivity contribution in [2.75, 3.05) is 32.5 Å². The van der Waals surface area contributed by atoms with Crippen molar-refractivity contribution in [2.24, 2.45) is 0 Å². The number of quaternary nitrogens is 1. The first-order valence-electron chi connectivity index (χ1n) is 12.9. The predicted molar refractivity (Wildman–Crippen MR) is 145 cm³/mol. The quantitative estimate of drug-likeness (QED) is 0.340. The highest BCUT2D eigenvalue weighted by Crippen LogP contribution is 2.50. The minimum Gasteiger partial charge on any atom is -0.468 e. The number of furan rings is 1. The fourth-order valence-electron chi connectivity index (χ4n) is 5.63. The molecular formula is C28H35N4O5S+. The van der Waals surface area contributed by atoms with E-state index in [1.807, 2.05) is 60.7 Å². The third-order valence-electron chi connectivity index (χ3n) is 7.62. The van der Waals surface area contributed by atoms with Crippen LogP contribution in [-0.2, 0) is 38.1 Å². The van der Waals surface area contributed by atoms with Gasteiger partial charge in [-0.1, -0.05) is 52.5 Å². The molecule has 0 saturated carbocycles. The maximum absolute atomic E-state index is 13.9. The van der Waals surface area contributed by atoms with Crippen molar-refractivity contribution in [2.45, 2.75) is 37.5 Å². The van der Waals surface area contributed by atoms with Crippen LogP contribution in [0.4, 0.5) is 5.69 Å². The first-order valence-corrected chi connectivity index (χ1v) is 14.8. The molecule has 3 aromatic rings. The van der Waals surface area contributed by atoms with Crippen molar-refractivity contribution in [1.29, 1.82) is 0 Å². The van der Waals surface area contributed by atoms with Gasteiger partial charge < -0.3 is 14.5 Å². The molecule has 1 spiro atoms. The molecular weight excluding hydrogens is 504 g/mol. The van der Waals surface area contributed by atoms with Gasteiger partial charge in [0.1, 0.15) is 18.3 Å². The Labute approximate surface area is 223 Å². The lowest BCUT2D eigenvalue weighted by molar-refractivity contribution is -0.127. The highest BCUT2D eigenvalue weighted by atomic mass is 32.2. The van der Waals surface area contributed by atoms with Crippen LogP contribution in [0.2, 0.25) is 0 Å². The lowest BCUT2D eigenvalue weighted by Crippen LogP contribution is -2.68. The van der Waals surface area contributed by atoms with Gasteiger partial charge in [-0.25, -0.2) is 0 Å². The fraction of sp³-hybridized carbons (Fsp3) is 0.393. The predicted octanol–water partition coefficient (Wildman–Crippen LogP) is 2.59. The zero-order chi connectivity index (χ0) is 26.6. The van der Waals surface area contributed by atoms with Crippen LogP contribution in [0.15, 0.2) is 77.4 Å². The van der Waals surface area contributed by atoms with Gasteiger partial charge >= 0.3 is 10.0 Å². The second kappa shape index (κ2) is 11.0. The van der Waals surface area contributed by atoms with E-state index in [0.29, 0.717) is 24.6 Å². The van der Waals surface area contributed by atoms with E-state index in [9.17, 15) is 13.2 Å². The molecule has 0 radical (unpaired) electrons. The number of hydrogen-bond donors (Lipinski definition) is 3. The summed E-state index contributed by atoms with van der Waals surface area (Å²) in [5.41, 5.74) is 5.21. The van der Waals surface area contributed by atoms with Gasteiger partial charge in [-0.15, -0.1) is 0 Å². The molecule has 2 unspecified atom stereocenters. The highest BCUT2D eigenvalue weighted by Gasteiger charge is 2.60. The molecule has 38 heavy (non-hydrogen) atoms. The number of para-hydroxylation sites is 1. The molecule has 9 nitrogen and oxygen atoms in total. The summed E-state index contributed by atoms with van der Waals surface area (Å²) < 4.78 is 37.8. The molecule has 0 aliphatic carbocycles. The minimum absolute atomic E-state index is 0.0574. The summed E-state index contributed by atoms with van der Waals surface area (Å²) >= 11 is 0. The van der Waals surface area contributed by atoms with E-state index in [1.54, 1.807) is 12.3 Å². The Morgan fingerprint density at radius 2 is 1.82 bits per heavy atom. The number of amides is 1. The Bertz CT molecular complexity index is 1340. The van der Waals surface area contributed by atoms with Crippen molar-refractivity contribution in [3.05, 3.63) is 89.9 Å². The van der Waals surface area contributed by atoms with Crippen LogP contribution in [-0.4, -0.2) is 52.9 Å². The van der Waals surface area contributed by atoms with Gasteiger partial charge in [0.25, 0.3) is 5.91 Å². The molecule has 3 heterocycles. The van der Waals surface area contributed by atoms with Gasteiger partial charge in [0, 0.05) is 11.6 Å². The Morgan fingerprint density at radius 1 is 1.08 bits per heavy atom. The van der Waals surface area contributed by atoms with E-state index in [0.717, 1.165) is 37.1 Å². The third kappa shape index (κ3) is 5.27. The summed E-state index contributed by atoms with van der Waals surface area (Å²) in [5.74, 6) is 0.217. The molecule has 202 valence electrons. The van der Waals surface area contributed by atoms with Crippen LogP contribution in [0.25, 0.3) is 0 Å². The normalized spacial score (nSPS) is 21.2. The average molecular weight is 540 g/mol. The van der Waals surface area contributed by atoms with Crippen molar-refractivity contribution in [1.82, 2.24) is 20.1 Å². The molecule has 2 aliphatic rings. The maximum atomic E-state index is 13.9. The molecule has 1 saturated heterocycles. The molecule has 1 fully saturated rings. The second-order valence-corrected chi connectivity index (χ2v) is 12.3. The molecule has 2 aromatic carbocycles. The molecule has 1 amide bonds. The highest BCUT2D eigenvalue weighted by molar-refractivity contribution is 7.90. The number of benzene rings is 2. The molecule has 5 rings (SSSR count). The Kier molecular flexibility index (Phi) is 7.69. The van der Waals surface area contributed by atoms with Crippen LogP contribution in [0.1, 0.15) is 29.7 Å². The largest absolute Gasteiger partial charge is 0.468 e. The lowest BCUT2D eigenvalue weighted by atomic mass is 9.75. The summed E-state index contributed by atoms with van der Waals surface area (Å²) in [6.07, 6.45) is 4.37. The SMILES string of the molecule is CS(=O)(=O)[N+]1(NC(=O)C(COCc2ccccc2)NCc2ccco2)CC2(CCNCC2)c2ccccc21. The number of carbonyl (C=O) groups is 1. The number of rotatable bonds is 10. The van der Waals surface area contributed by atoms with Crippen LogP contribution >= 0.6 is 0 Å². The van der Waals surface area contributed by atoms with E-state index in [2.05, 4.69) is 16.1 Å². The van der Waals surface area contributed by atoms with Gasteiger partial charge in [0.05, 0.1) is 37.7 Å². The number of ether oxygens (including phenoxy) is 1. The zero-order valence-electron chi connectivity index (χ0n) is 21.6. The first kappa shape index (κ1) is 26.6. The van der Waals surface area contributed by atoms with Gasteiger partial charge in [0.2, 0.25) is 0 Å². The smallest absolute Gasteiger partial charge is 0.321 e. The lowest BCUT2D eigenvalue weighted by Gasteiger charge is -2.36. The topological polar surface area (TPSA) is 110 Å². The summed E-state index contributed by atoms with van der Waals surface area (Å²) in [6, 6.07) is 20.1. The van der Waals surface area contributed by atoms with Gasteiger partial charge in [-0.2, -0.15) is 13.8 Å². The van der Waals surface area contributed by atoms with E-state index < -0.39 is 26.0 Å². The van der Waals surface area contributed by atoms with Crippen LogP contribution in [0.3, 0.4) is 0 Å². The average Bonchev–Trinajstić information content (AvgIpc) is 3.53. The van der Waals surface area contributed by atoms with E-state index >= 15 is 0 Å². The standard InChI is InChI=1S/C28H34N4O5S/c1-38(34,35)32(21-28(13-15-29-16-14-28)24-11-5-6-12-26(24)32)31-27(33)25(30-18-23-10-7-17-37-23)20-36-19-22-8-3-2-4-9-22/h2-12,17,25,29-30H,13-16,18-21H2,1H3/p+1. The molecule has 1 aromatic heterocycles. The van der Waals surface area contributed by atoms with Crippen LogP contribution in [0.5, 0.6) is 0 Å². The van der Waals surface area contributed by atoms with Crippen molar-refractivity contribution < 1.29 is 22.4 Å². The number of piperidine rings is 1. The monoisotopic (exact) mass is 539 g/mol. The number of hydrogen-bond acceptors (Lipinski definition) is 7. The Balaban J connectivity index is 1.42. The minimum atomic E-state index is -3.81. The summed E-state index contributed by atoms with van der Waals surface area (Å²) in [7, 11) is -3.81. The Hall–Kier alpha value is -3.02. The Morgan fingerprint density at radius 3 is 2.53 bits per heavy atom. The van der Waals surface area contributed by atoms with Crippen LogP contribution in [0, 0.1) is 0 Å². The maximum Gasteiger partial charge on any atom is 0.321 e. The summed E-state index contributed by atoms with van der Waals surface area (Å²) in [6.45, 7) is 2.54. The number of carbonyl (C=O) groups excluding carboxylic acids is 1. The van der Waals surface area contributed by atoms with Crippen molar-refractivity contribution in [3.63, 3.8) is 0 Å². The number of nitrogens with zero attached hydrogens (tertiary/aromatic N) is 1. The molecule has 0 bridgehead atoms. The third-order valence-corrected chi connectivity index (χ3v) is 9.17. The summed E-state index contributed by atoms with van der Waals surface area (Å²) in [5, 5.41) is 6.58. The molecule has 2 aliphatic heterocycles. The fourth-order valence-corrected chi connectivity index (χ4v) is 6.89. The number of fused-ring (bicyclic) bond motifs is 2. The van der Waals surface area contributed by atoms with Crippen LogP contribution < -0.4 is 20.1 Å². The van der Waals surface area contributed by atoms with E-state index in [4.69, 9.17) is 9.15 Å². The van der Waals surface area contributed by atoms with Crippen molar-refractivity contribution >= 4 is 21.6 Å². The van der Waals surface area contributed by atoms with E-state index in [-0.39, 0.29) is 18.6 Å². The van der Waals surface area contributed by atoms with Gasteiger partial charge in [-0.05, 0) is 43.6 Å². The number of nitrogens with one attached hydrogen (secondary N) is 3. The zero-order valence-corrected chi connectivity index (χ0v) is 22.4.